The van der Waals surface area contributed by atoms with Crippen LogP contribution in [0.15, 0.2) is 71.8 Å². The maximum Gasteiger partial charge on any atom is 0.417 e. The number of hydrogen-bond acceptors (Lipinski definition) is 4. The molecule has 0 amide bonds. The fourth-order valence-electron chi connectivity index (χ4n) is 3.59. The average molecular weight is 530 g/mol. The molecule has 0 bridgehead atoms. The Morgan fingerprint density at radius 3 is 2.25 bits per heavy atom. The van der Waals surface area contributed by atoms with Gasteiger partial charge >= 0.3 is 12.4 Å². The molecular formula is C23H13F7N2O3S. The molecular weight excluding hydrogens is 517 g/mol. The van der Waals surface area contributed by atoms with Gasteiger partial charge in [-0.15, -0.1) is 0 Å². The molecule has 0 radical (unpaired) electrons. The maximum absolute atomic E-state index is 14.2. The summed E-state index contributed by atoms with van der Waals surface area (Å²) < 4.78 is 120. The third-order valence-corrected chi connectivity index (χ3v) is 6.85. The predicted molar refractivity (Wildman–Crippen MR) is 113 cm³/mol. The fraction of sp³-hybridized carbons (Fsp3) is 0.130. The largest absolute Gasteiger partial charge is 0.417 e. The number of aromatic nitrogens is 2. The number of carbonyl (C=O) groups excluding carboxylic acids is 1. The van der Waals surface area contributed by atoms with Gasteiger partial charge in [0.25, 0.3) is 10.0 Å². The van der Waals surface area contributed by atoms with Gasteiger partial charge in [-0.2, -0.15) is 43.9 Å². The summed E-state index contributed by atoms with van der Waals surface area (Å²) in [6, 6.07) is 8.87. The normalized spacial score (nSPS) is 12.8. The van der Waals surface area contributed by atoms with Gasteiger partial charge in [0.1, 0.15) is 5.82 Å². The van der Waals surface area contributed by atoms with Crippen LogP contribution in [0.3, 0.4) is 0 Å². The Hall–Kier alpha value is -3.74. The molecule has 1 aromatic heterocycles. The van der Waals surface area contributed by atoms with Crippen molar-refractivity contribution in [3.8, 4) is 0 Å². The molecule has 0 saturated carbocycles. The van der Waals surface area contributed by atoms with Crippen molar-refractivity contribution < 1.29 is 43.9 Å². The van der Waals surface area contributed by atoms with E-state index in [0.29, 0.717) is 28.4 Å². The Morgan fingerprint density at radius 2 is 1.58 bits per heavy atom. The highest BCUT2D eigenvalue weighted by Crippen LogP contribution is 2.34. The predicted octanol–water partition coefficient (Wildman–Crippen LogP) is 5.88. The van der Waals surface area contributed by atoms with Gasteiger partial charge in [-0.05, 0) is 42.0 Å². The summed E-state index contributed by atoms with van der Waals surface area (Å²) >= 11 is 0. The lowest BCUT2D eigenvalue weighted by molar-refractivity contribution is -0.138. The molecule has 5 nitrogen and oxygen atoms in total. The van der Waals surface area contributed by atoms with Crippen molar-refractivity contribution in [2.45, 2.75) is 23.7 Å². The second-order valence-corrected chi connectivity index (χ2v) is 9.44. The second-order valence-electron chi connectivity index (χ2n) is 7.67. The topological polar surface area (TPSA) is 69.0 Å². The molecule has 36 heavy (non-hydrogen) atoms. The molecule has 0 unspecified atom stereocenters. The standard InChI is InChI=1S/C23H13F7N2O3S/c24-18-6-2-5-17(23(28,29)30)21(18)20(33)10-13-7-8-14-12-31-32(19(14)9-13)36(34,35)16-4-1-3-15(11-16)22(25,26)27/h1-9,11-12H,10H2. The highest BCUT2D eigenvalue weighted by atomic mass is 32.2. The molecule has 4 rings (SSSR count). The zero-order valence-corrected chi connectivity index (χ0v) is 18.5. The van der Waals surface area contributed by atoms with Crippen LogP contribution in [0, 0.1) is 5.82 Å². The van der Waals surface area contributed by atoms with Crippen molar-refractivity contribution in [3.05, 3.63) is 94.9 Å². The van der Waals surface area contributed by atoms with E-state index < -0.39 is 62.0 Å². The van der Waals surface area contributed by atoms with E-state index >= 15 is 0 Å². The molecule has 13 heteroatoms. The molecule has 0 aliphatic carbocycles. The molecule has 1 heterocycles. The second kappa shape index (κ2) is 8.73. The molecule has 3 aromatic carbocycles. The summed E-state index contributed by atoms with van der Waals surface area (Å²) in [4.78, 5) is 11.9. The third-order valence-electron chi connectivity index (χ3n) is 5.25. The van der Waals surface area contributed by atoms with Crippen LogP contribution in [-0.2, 0) is 28.8 Å². The fourth-order valence-corrected chi connectivity index (χ4v) is 4.91. The van der Waals surface area contributed by atoms with E-state index in [4.69, 9.17) is 0 Å². The highest BCUT2D eigenvalue weighted by Gasteiger charge is 2.37. The molecule has 0 saturated heterocycles. The van der Waals surface area contributed by atoms with Gasteiger partial charge < -0.3 is 0 Å². The van der Waals surface area contributed by atoms with Gasteiger partial charge in [0.15, 0.2) is 5.78 Å². The minimum atomic E-state index is -4.99. The van der Waals surface area contributed by atoms with Gasteiger partial charge in [0.05, 0.1) is 33.3 Å². The minimum absolute atomic E-state index is 0.0323. The van der Waals surface area contributed by atoms with Gasteiger partial charge in [0, 0.05) is 11.8 Å². The van der Waals surface area contributed by atoms with Crippen LogP contribution in [0.4, 0.5) is 30.7 Å². The molecule has 0 spiro atoms. The summed E-state index contributed by atoms with van der Waals surface area (Å²) in [5, 5.41) is 3.95. The van der Waals surface area contributed by atoms with E-state index in [2.05, 4.69) is 5.10 Å². The van der Waals surface area contributed by atoms with Crippen molar-refractivity contribution >= 4 is 26.7 Å². The molecule has 0 aliphatic rings. The van der Waals surface area contributed by atoms with E-state index in [-0.39, 0.29) is 16.5 Å². The Balaban J connectivity index is 1.74. The molecule has 0 N–H and O–H groups in total. The zero-order chi connectivity index (χ0) is 26.5. The van der Waals surface area contributed by atoms with Crippen molar-refractivity contribution in [1.29, 1.82) is 0 Å². The molecule has 4 aromatic rings. The molecule has 0 fully saturated rings. The lowest BCUT2D eigenvalue weighted by Crippen LogP contribution is -2.17. The van der Waals surface area contributed by atoms with Crippen LogP contribution >= 0.6 is 0 Å². The Kier molecular flexibility index (Phi) is 6.15. The number of alkyl halides is 6. The zero-order valence-electron chi connectivity index (χ0n) is 17.7. The number of rotatable bonds is 5. The van der Waals surface area contributed by atoms with Gasteiger partial charge in [0.2, 0.25) is 0 Å². The van der Waals surface area contributed by atoms with Crippen molar-refractivity contribution in [2.75, 3.05) is 0 Å². The molecule has 0 aliphatic heterocycles. The Labute approximate surface area is 198 Å². The summed E-state index contributed by atoms with van der Waals surface area (Å²) in [5.41, 5.74) is -3.91. The number of hydrogen-bond donors (Lipinski definition) is 0. The smallest absolute Gasteiger partial charge is 0.294 e. The van der Waals surface area contributed by atoms with Crippen LogP contribution in [0.25, 0.3) is 10.9 Å². The van der Waals surface area contributed by atoms with E-state index in [1.165, 1.54) is 12.1 Å². The van der Waals surface area contributed by atoms with E-state index in [9.17, 15) is 43.9 Å². The molecule has 0 atom stereocenters. The lowest BCUT2D eigenvalue weighted by atomic mass is 9.97. The van der Waals surface area contributed by atoms with Gasteiger partial charge in [-0.25, -0.2) is 4.39 Å². The van der Waals surface area contributed by atoms with E-state index in [0.717, 1.165) is 30.5 Å². The van der Waals surface area contributed by atoms with Crippen molar-refractivity contribution in [1.82, 2.24) is 9.19 Å². The van der Waals surface area contributed by atoms with Crippen molar-refractivity contribution in [3.63, 3.8) is 0 Å². The minimum Gasteiger partial charge on any atom is -0.294 e. The quantitative estimate of drug-likeness (QED) is 0.239. The number of benzene rings is 3. The van der Waals surface area contributed by atoms with Crippen LogP contribution in [0.5, 0.6) is 0 Å². The van der Waals surface area contributed by atoms with Crippen molar-refractivity contribution in [2.24, 2.45) is 0 Å². The SMILES string of the molecule is O=C(Cc1ccc2cnn(S(=O)(=O)c3cccc(C(F)(F)F)c3)c2c1)c1c(F)cccc1C(F)(F)F. The van der Waals surface area contributed by atoms with Gasteiger partial charge in [-0.1, -0.05) is 24.3 Å². The van der Waals surface area contributed by atoms with Crippen LogP contribution < -0.4 is 0 Å². The summed E-state index contributed by atoms with van der Waals surface area (Å²) in [7, 11) is -4.62. The first-order valence-corrected chi connectivity index (χ1v) is 11.4. The Morgan fingerprint density at radius 1 is 0.889 bits per heavy atom. The van der Waals surface area contributed by atoms with Gasteiger partial charge in [-0.3, -0.25) is 4.79 Å². The van der Waals surface area contributed by atoms with E-state index in [1.54, 1.807) is 0 Å². The average Bonchev–Trinajstić information content (AvgIpc) is 3.22. The summed E-state index contributed by atoms with van der Waals surface area (Å²) in [6.45, 7) is 0. The first-order valence-electron chi connectivity index (χ1n) is 9.98. The number of nitrogens with zero attached hydrogens (tertiary/aromatic N) is 2. The maximum atomic E-state index is 14.2. The number of halogens is 7. The van der Waals surface area contributed by atoms with Crippen LogP contribution in [-0.4, -0.2) is 23.4 Å². The number of carbonyl (C=O) groups is 1. The lowest BCUT2D eigenvalue weighted by Gasteiger charge is -2.13. The Bertz CT molecular complexity index is 1590. The summed E-state index contributed by atoms with van der Waals surface area (Å²) in [6.07, 6.45) is -9.39. The number of ketones is 1. The third kappa shape index (κ3) is 4.70. The number of fused-ring (bicyclic) bond motifs is 1. The first kappa shape index (κ1) is 25.4. The number of Topliss-reactive ketones (excluding diaryl/α,β-unsaturated/α-hetero) is 1. The monoisotopic (exact) mass is 530 g/mol. The van der Waals surface area contributed by atoms with E-state index in [1.807, 2.05) is 0 Å². The van der Waals surface area contributed by atoms with Crippen LogP contribution in [0.2, 0.25) is 0 Å². The summed E-state index contributed by atoms with van der Waals surface area (Å²) in [5.74, 6) is -2.57. The van der Waals surface area contributed by atoms with Crippen LogP contribution in [0.1, 0.15) is 27.0 Å². The highest BCUT2D eigenvalue weighted by molar-refractivity contribution is 7.90. The first-order chi connectivity index (χ1) is 16.7. The molecule has 188 valence electrons.